The van der Waals surface area contributed by atoms with E-state index in [9.17, 15) is 14.4 Å². The van der Waals surface area contributed by atoms with Gasteiger partial charge in [-0.2, -0.15) is 0 Å². The monoisotopic (exact) mass is 492 g/mol. The quantitative estimate of drug-likeness (QED) is 0.555. The molecule has 3 nitrogen and oxygen atoms in total. The van der Waals surface area contributed by atoms with Gasteiger partial charge in [-0.1, -0.05) is 53.7 Å². The molecule has 2 aromatic rings. The molecule has 0 amide bonds. The number of hydrogen-bond acceptors (Lipinski definition) is 3. The van der Waals surface area contributed by atoms with E-state index >= 15 is 0 Å². The van der Waals surface area contributed by atoms with E-state index in [1.165, 1.54) is 0 Å². The van der Waals surface area contributed by atoms with Crippen LogP contribution in [0, 0.1) is 13.8 Å². The van der Waals surface area contributed by atoms with Gasteiger partial charge in [0.1, 0.15) is 11.5 Å². The number of phenols is 2. The first-order valence-corrected chi connectivity index (χ1v) is 9.98. The number of aryl methyl sites for hydroxylation is 2. The second kappa shape index (κ2) is 10.7. The number of rotatable bonds is 2. The van der Waals surface area contributed by atoms with Crippen molar-refractivity contribution in [3.63, 3.8) is 0 Å². The van der Waals surface area contributed by atoms with E-state index in [1.54, 1.807) is 12.1 Å². The molecule has 7 heteroatoms. The molecule has 0 aliphatic carbocycles. The van der Waals surface area contributed by atoms with E-state index in [4.69, 9.17) is 0 Å². The summed E-state index contributed by atoms with van der Waals surface area (Å²) < 4.78 is 13.3. The maximum atomic E-state index is 13.3. The van der Waals surface area contributed by atoms with Gasteiger partial charge in [0, 0.05) is 11.1 Å². The van der Waals surface area contributed by atoms with Gasteiger partial charge in [-0.15, -0.1) is 0 Å². The summed E-state index contributed by atoms with van der Waals surface area (Å²) in [7, 11) is -1.68. The molecule has 0 saturated heterocycles. The van der Waals surface area contributed by atoms with Gasteiger partial charge >= 0.3 is 21.7 Å². The topological polar surface area (TPSA) is 57.5 Å². The molecule has 0 fully saturated rings. The average molecular weight is 493 g/mol. The van der Waals surface area contributed by atoms with Crippen LogP contribution in [0.1, 0.15) is 63.8 Å². The molecule has 0 unspecified atom stereocenters. The Morgan fingerprint density at radius 2 is 0.966 bits per heavy atom. The molecule has 0 heterocycles. The zero-order valence-electron chi connectivity index (χ0n) is 18.3. The summed E-state index contributed by atoms with van der Waals surface area (Å²) in [5, 5.41) is 21.6. The van der Waals surface area contributed by atoms with Crippen molar-refractivity contribution in [2.75, 3.05) is 0 Å². The molecule has 0 radical (unpaired) electrons. The average Bonchev–Trinajstić information content (AvgIpc) is 2.48. The van der Waals surface area contributed by atoms with Gasteiger partial charge in [0.2, 0.25) is 0 Å². The molecule has 160 valence electrons. The maximum Gasteiger partial charge on any atom is 2.00 e. The number of phenolic OH excluding ortho intramolecular Hbond substituents is 2. The van der Waals surface area contributed by atoms with E-state index in [-0.39, 0.29) is 68.9 Å². The van der Waals surface area contributed by atoms with Crippen LogP contribution in [0.4, 0.5) is 0 Å². The van der Waals surface area contributed by atoms with Crippen molar-refractivity contribution < 1.29 is 61.0 Å². The van der Waals surface area contributed by atoms with Crippen molar-refractivity contribution in [3.05, 3.63) is 46.5 Å². The molecule has 0 atom stereocenters. The Bertz CT molecular complexity index is 814. The minimum atomic E-state index is -1.68. The third-order valence-electron chi connectivity index (χ3n) is 4.45. The molecule has 2 N–H and O–H groups in total. The van der Waals surface area contributed by atoms with Crippen LogP contribution in [0.5, 0.6) is 11.5 Å². The van der Waals surface area contributed by atoms with E-state index in [2.05, 4.69) is 0 Å². The number of hydrogen-bond donors (Lipinski definition) is 2. The van der Waals surface area contributed by atoms with Crippen molar-refractivity contribution in [2.45, 2.75) is 76.0 Å². The Kier molecular flexibility index (Phi) is 11.3. The molecule has 0 aromatic heterocycles. The van der Waals surface area contributed by atoms with Gasteiger partial charge in [0.15, 0.2) is 0 Å². The van der Waals surface area contributed by atoms with E-state index < -0.39 is 10.8 Å². The van der Waals surface area contributed by atoms with Crippen LogP contribution in [0.15, 0.2) is 34.1 Å². The summed E-state index contributed by atoms with van der Waals surface area (Å²) in [6, 6.07) is 7.32. The van der Waals surface area contributed by atoms with Crippen LogP contribution in [-0.2, 0) is 43.3 Å². The van der Waals surface area contributed by atoms with Crippen LogP contribution in [0.2, 0.25) is 0 Å². The summed E-state index contributed by atoms with van der Waals surface area (Å²) in [5.74, 6) is 0.0827. The normalized spacial score (nSPS) is 11.3. The van der Waals surface area contributed by atoms with E-state index in [0.717, 1.165) is 22.3 Å². The van der Waals surface area contributed by atoms with Crippen molar-refractivity contribution in [1.82, 2.24) is 0 Å². The first-order valence-electron chi connectivity index (χ1n) is 8.83. The number of aromatic hydroxyl groups is 2. The van der Waals surface area contributed by atoms with E-state index in [1.807, 2.05) is 67.5 Å². The van der Waals surface area contributed by atoms with Gasteiger partial charge in [-0.25, -0.2) is 4.21 Å². The first-order chi connectivity index (χ1) is 11.7. The van der Waals surface area contributed by atoms with Gasteiger partial charge in [0.05, 0.1) is 20.6 Å². The predicted octanol–water partition coefficient (Wildman–Crippen LogP) is -0.518. The third-order valence-corrected chi connectivity index (χ3v) is 5.88. The summed E-state index contributed by atoms with van der Waals surface area (Å²) >= 11 is 0. The largest absolute Gasteiger partial charge is 2.00 e. The predicted molar refractivity (Wildman–Crippen MR) is 108 cm³/mol. The second-order valence-corrected chi connectivity index (χ2v) is 10.5. The number of benzene rings is 2. The molecular weight excluding hydrogens is 463 g/mol. The van der Waals surface area contributed by atoms with Gasteiger partial charge in [-0.05, 0) is 47.9 Å². The third kappa shape index (κ3) is 6.73. The Hall–Kier alpha value is -0.516. The van der Waals surface area contributed by atoms with Gasteiger partial charge in [0.25, 0.3) is 0 Å². The molecule has 0 aliphatic heterocycles. The fourth-order valence-corrected chi connectivity index (χ4v) is 4.43. The Morgan fingerprint density at radius 1 is 0.690 bits per heavy atom. The van der Waals surface area contributed by atoms with Crippen LogP contribution in [0.25, 0.3) is 0 Å². The smallest absolute Gasteiger partial charge is 1.00 e. The zero-order valence-corrected chi connectivity index (χ0v) is 22.2. The molecule has 0 saturated carbocycles. The molecule has 0 bridgehead atoms. The standard InChI is InChI=1S/C22H30O3S.2ClH.Ti/c1-13-9-15(21(3,4)5)19(23)17(11-13)26(25)18-12-14(2)10-16(20(18)24)22(6,7)8;;;/h9-12,23-24H,1-8H3;2*1H;/q;;;+2/p-2. The summed E-state index contributed by atoms with van der Waals surface area (Å²) in [4.78, 5) is 0.686. The fraction of sp³-hybridized carbons (Fsp3) is 0.455. The fourth-order valence-electron chi connectivity index (χ4n) is 3.04. The van der Waals surface area contributed by atoms with Crippen LogP contribution >= 0.6 is 0 Å². The Morgan fingerprint density at radius 3 is 1.21 bits per heavy atom. The van der Waals surface area contributed by atoms with E-state index in [0.29, 0.717) is 9.79 Å². The van der Waals surface area contributed by atoms with Crippen LogP contribution in [-0.4, -0.2) is 14.4 Å². The van der Waals surface area contributed by atoms with Crippen LogP contribution < -0.4 is 24.8 Å². The maximum absolute atomic E-state index is 13.3. The van der Waals surface area contributed by atoms with Crippen LogP contribution in [0.3, 0.4) is 0 Å². The minimum Gasteiger partial charge on any atom is -1.00 e. The van der Waals surface area contributed by atoms with Crippen molar-refractivity contribution in [1.29, 1.82) is 0 Å². The Labute approximate surface area is 204 Å². The molecule has 0 spiro atoms. The summed E-state index contributed by atoms with van der Waals surface area (Å²) in [5.41, 5.74) is 2.81. The SMILES string of the molecule is Cc1cc(S(=O)c2cc(C)cc(C(C)(C)C)c2O)c(O)c(C(C)(C)C)c1.[Cl-].[Cl-].[Ti+2]. The molecule has 2 rings (SSSR count). The van der Waals surface area contributed by atoms with Crippen molar-refractivity contribution >= 4 is 10.8 Å². The van der Waals surface area contributed by atoms with Crippen molar-refractivity contribution in [3.8, 4) is 11.5 Å². The van der Waals surface area contributed by atoms with Crippen molar-refractivity contribution in [2.24, 2.45) is 0 Å². The zero-order chi connectivity index (χ0) is 20.0. The summed E-state index contributed by atoms with van der Waals surface area (Å²) in [6.45, 7) is 15.9. The second-order valence-electron chi connectivity index (χ2n) is 9.09. The van der Waals surface area contributed by atoms with Gasteiger partial charge in [-0.3, -0.25) is 0 Å². The minimum absolute atomic E-state index is 0. The van der Waals surface area contributed by atoms with Gasteiger partial charge < -0.3 is 35.0 Å². The molecule has 2 aromatic carbocycles. The first kappa shape index (κ1) is 30.7. The number of halogens is 2. The molecule has 29 heavy (non-hydrogen) atoms. The molecular formula is C22H30Cl2O3STi. The summed E-state index contributed by atoms with van der Waals surface area (Å²) in [6.07, 6.45) is 0. The Balaban J connectivity index is 0. The molecule has 0 aliphatic rings.